The summed E-state index contributed by atoms with van der Waals surface area (Å²) < 4.78 is 71.1. The van der Waals surface area contributed by atoms with E-state index in [9.17, 15) is 31.5 Å². The lowest BCUT2D eigenvalue weighted by atomic mass is 9.89. The van der Waals surface area contributed by atoms with Crippen LogP contribution in [0.4, 0.5) is 13.2 Å². The van der Waals surface area contributed by atoms with Crippen molar-refractivity contribution in [2.75, 3.05) is 12.9 Å². The molecule has 2 aromatic rings. The molecule has 1 saturated carbocycles. The molecule has 2 aromatic carbocycles. The van der Waals surface area contributed by atoms with Crippen LogP contribution in [0.5, 0.6) is 11.5 Å². The van der Waals surface area contributed by atoms with Crippen LogP contribution in [0.2, 0.25) is 0 Å². The minimum absolute atomic E-state index is 0.0102. The van der Waals surface area contributed by atoms with Gasteiger partial charge in [-0.1, -0.05) is 23.4 Å². The zero-order valence-corrected chi connectivity index (χ0v) is 18.6. The number of carboxylic acids is 1. The van der Waals surface area contributed by atoms with E-state index in [4.69, 9.17) is 9.57 Å². The van der Waals surface area contributed by atoms with E-state index in [1.807, 2.05) is 0 Å². The van der Waals surface area contributed by atoms with Crippen LogP contribution in [0.3, 0.4) is 0 Å². The number of alkyl halides is 3. The van der Waals surface area contributed by atoms with Gasteiger partial charge in [0.2, 0.25) is 0 Å². The van der Waals surface area contributed by atoms with Crippen LogP contribution in [0.1, 0.15) is 24.0 Å². The number of carboxylic acid groups (broad SMARTS) is 1. The van der Waals surface area contributed by atoms with Crippen molar-refractivity contribution in [1.82, 2.24) is 0 Å². The van der Waals surface area contributed by atoms with Gasteiger partial charge in [0, 0.05) is 12.2 Å². The number of hydrogen-bond acceptors (Lipinski definition) is 7. The maximum Gasteiger partial charge on any atom is 0.573 e. The van der Waals surface area contributed by atoms with Gasteiger partial charge >= 0.3 is 12.3 Å². The van der Waals surface area contributed by atoms with Gasteiger partial charge < -0.3 is 19.4 Å². The van der Waals surface area contributed by atoms with Gasteiger partial charge in [0.05, 0.1) is 17.5 Å². The molecule has 12 heteroatoms. The molecule has 1 N–H and O–H groups in total. The van der Waals surface area contributed by atoms with Crippen LogP contribution in [0.15, 0.2) is 52.5 Å². The Morgan fingerprint density at radius 2 is 1.94 bits per heavy atom. The minimum atomic E-state index is -5.03. The van der Waals surface area contributed by atoms with Crippen molar-refractivity contribution < 1.29 is 45.8 Å². The zero-order valence-electron chi connectivity index (χ0n) is 17.8. The summed E-state index contributed by atoms with van der Waals surface area (Å²) in [6.45, 7) is 0.316. The third-order valence-corrected chi connectivity index (χ3v) is 6.92. The molecule has 8 nitrogen and oxygen atoms in total. The van der Waals surface area contributed by atoms with Crippen LogP contribution in [-0.2, 0) is 31.5 Å². The zero-order chi connectivity index (χ0) is 24.7. The van der Waals surface area contributed by atoms with E-state index in [1.165, 1.54) is 6.07 Å². The minimum Gasteiger partial charge on any atom is -0.489 e. The molecule has 1 unspecified atom stereocenters. The highest BCUT2D eigenvalue weighted by Gasteiger charge is 2.65. The maximum atomic E-state index is 12.6. The van der Waals surface area contributed by atoms with E-state index in [0.717, 1.165) is 24.0 Å². The summed E-state index contributed by atoms with van der Waals surface area (Å²) in [6, 6.07) is 10.0. The molecule has 0 bridgehead atoms. The molecule has 2 atom stereocenters. The summed E-state index contributed by atoms with van der Waals surface area (Å²) in [6.07, 6.45) is -3.68. The molecule has 34 heavy (non-hydrogen) atoms. The lowest BCUT2D eigenvalue weighted by Gasteiger charge is -2.15. The Balaban J connectivity index is 1.50. The Morgan fingerprint density at radius 1 is 1.24 bits per heavy atom. The van der Waals surface area contributed by atoms with Gasteiger partial charge in [-0.3, -0.25) is 4.79 Å². The topological polar surface area (TPSA) is 111 Å². The predicted molar refractivity (Wildman–Crippen MR) is 112 cm³/mol. The number of sulfone groups is 1. The van der Waals surface area contributed by atoms with Crippen LogP contribution >= 0.6 is 0 Å². The average Bonchev–Trinajstić information content (AvgIpc) is 3.39. The van der Waals surface area contributed by atoms with Crippen LogP contribution in [0.25, 0.3) is 0 Å². The highest BCUT2D eigenvalue weighted by molar-refractivity contribution is 7.90. The van der Waals surface area contributed by atoms with Crippen molar-refractivity contribution in [2.24, 2.45) is 11.1 Å². The van der Waals surface area contributed by atoms with Crippen molar-refractivity contribution in [2.45, 2.75) is 36.1 Å². The summed E-state index contributed by atoms with van der Waals surface area (Å²) >= 11 is 0. The monoisotopic (exact) mass is 499 g/mol. The molecule has 1 aliphatic heterocycles. The van der Waals surface area contributed by atoms with Crippen molar-refractivity contribution in [3.8, 4) is 11.5 Å². The fraction of sp³-hybridized carbons (Fsp3) is 0.364. The quantitative estimate of drug-likeness (QED) is 0.590. The number of halogens is 3. The molecule has 0 saturated heterocycles. The number of nitrogens with zero attached hydrogens (tertiary/aromatic N) is 1. The molecule has 2 aliphatic rings. The lowest BCUT2D eigenvalue weighted by molar-refractivity contribution is -0.275. The molecule has 0 aromatic heterocycles. The van der Waals surface area contributed by atoms with E-state index in [0.29, 0.717) is 30.1 Å². The summed E-state index contributed by atoms with van der Waals surface area (Å²) in [5.41, 5.74) is 1.09. The number of ether oxygens (including phenoxy) is 2. The Labute approximate surface area is 192 Å². The molecule has 182 valence electrons. The maximum absolute atomic E-state index is 12.6. The Kier molecular flexibility index (Phi) is 5.96. The smallest absolute Gasteiger partial charge is 0.489 e. The number of oxime groups is 1. The third-order valence-electron chi connectivity index (χ3n) is 5.80. The second-order valence-corrected chi connectivity index (χ2v) is 10.1. The molecule has 4 rings (SSSR count). The van der Waals surface area contributed by atoms with Crippen molar-refractivity contribution >= 4 is 21.5 Å². The molecule has 1 aliphatic carbocycles. The van der Waals surface area contributed by atoms with Gasteiger partial charge in [0.1, 0.15) is 29.6 Å². The number of benzene rings is 2. The largest absolute Gasteiger partial charge is 0.573 e. The third kappa shape index (κ3) is 4.81. The average molecular weight is 499 g/mol. The lowest BCUT2D eigenvalue weighted by Crippen LogP contribution is -2.19. The highest BCUT2D eigenvalue weighted by Crippen LogP contribution is 2.57. The summed E-state index contributed by atoms with van der Waals surface area (Å²) in [5.74, 6) is -1.34. The fourth-order valence-corrected chi connectivity index (χ4v) is 5.14. The Morgan fingerprint density at radius 3 is 2.50 bits per heavy atom. The normalized spacial score (nSPS) is 21.6. The molecular formula is C22H20F3NO7S. The molecule has 0 amide bonds. The van der Waals surface area contributed by atoms with Crippen molar-refractivity contribution in [3.63, 3.8) is 0 Å². The first-order valence-electron chi connectivity index (χ1n) is 10.1. The number of hydrogen-bond donors (Lipinski definition) is 1. The van der Waals surface area contributed by atoms with Crippen LogP contribution < -0.4 is 9.47 Å². The van der Waals surface area contributed by atoms with E-state index in [2.05, 4.69) is 9.89 Å². The second-order valence-electron chi connectivity index (χ2n) is 8.11. The number of fused-ring (bicyclic) bond motifs is 1. The molecular weight excluding hydrogens is 479 g/mol. The van der Waals surface area contributed by atoms with Gasteiger partial charge in [-0.05, 0) is 41.8 Å². The molecule has 0 radical (unpaired) electrons. The first-order valence-corrected chi connectivity index (χ1v) is 12.0. The molecule has 1 fully saturated rings. The Bertz CT molecular complexity index is 1240. The summed E-state index contributed by atoms with van der Waals surface area (Å²) in [5, 5.41) is 13.4. The summed E-state index contributed by atoms with van der Waals surface area (Å²) in [4.78, 5) is 16.0. The molecule has 1 heterocycles. The first-order chi connectivity index (χ1) is 15.9. The summed E-state index contributed by atoms with van der Waals surface area (Å²) in [7, 11) is -4.00. The van der Waals surface area contributed by atoms with Gasteiger partial charge in [-0.15, -0.1) is 13.2 Å². The molecule has 0 spiro atoms. The number of aliphatic carboxylic acids is 1. The highest BCUT2D eigenvalue weighted by atomic mass is 32.2. The van der Waals surface area contributed by atoms with E-state index in [-0.39, 0.29) is 18.9 Å². The SMILES string of the molecule is CS(=O)(=O)c1cc(COc2ccc([C@]3(CC(=O)O)C4=NOCCC43)cc2)ccc1OC(F)(F)F. The van der Waals surface area contributed by atoms with E-state index in [1.54, 1.807) is 24.3 Å². The fourth-order valence-electron chi connectivity index (χ4n) is 4.30. The van der Waals surface area contributed by atoms with Crippen LogP contribution in [-0.4, -0.2) is 44.4 Å². The van der Waals surface area contributed by atoms with Crippen molar-refractivity contribution in [1.29, 1.82) is 0 Å². The van der Waals surface area contributed by atoms with Crippen LogP contribution in [0, 0.1) is 5.92 Å². The number of rotatable bonds is 8. The number of carbonyl (C=O) groups is 1. The standard InChI is InChI=1S/C22H20F3NO7S/c1-34(29,30)18-10-13(2-7-17(18)33-22(23,24)25)12-31-15-5-3-14(4-6-15)21(11-19(27)28)16-8-9-32-26-20(16)21/h2-7,10,16H,8-9,11-12H2,1H3,(H,27,28)/t16?,21-/m0/s1. The van der Waals surface area contributed by atoms with Gasteiger partial charge in [0.25, 0.3) is 0 Å². The Hall–Kier alpha value is -3.28. The van der Waals surface area contributed by atoms with E-state index >= 15 is 0 Å². The van der Waals surface area contributed by atoms with Gasteiger partial charge in [-0.2, -0.15) is 0 Å². The van der Waals surface area contributed by atoms with Gasteiger partial charge in [0.15, 0.2) is 9.84 Å². The van der Waals surface area contributed by atoms with Gasteiger partial charge in [-0.25, -0.2) is 8.42 Å². The second kappa shape index (κ2) is 8.49. The first kappa shape index (κ1) is 23.9. The van der Waals surface area contributed by atoms with Crippen molar-refractivity contribution in [3.05, 3.63) is 53.6 Å². The van der Waals surface area contributed by atoms with E-state index < -0.39 is 38.2 Å². The predicted octanol–water partition coefficient (Wildman–Crippen LogP) is 3.69.